The van der Waals surface area contributed by atoms with Crippen molar-refractivity contribution >= 4 is 39.2 Å². The van der Waals surface area contributed by atoms with Gasteiger partial charge in [0.25, 0.3) is 15.9 Å². The molecule has 2 aromatic rings. The van der Waals surface area contributed by atoms with Gasteiger partial charge in [-0.1, -0.05) is 38.4 Å². The number of halogens is 1. The number of ether oxygens (including phenoxy) is 3. The molecule has 0 spiro atoms. The molecule has 1 saturated carbocycles. The van der Waals surface area contributed by atoms with Gasteiger partial charge in [0.2, 0.25) is 0 Å². The minimum absolute atomic E-state index is 0.0188. The Morgan fingerprint density at radius 1 is 1.08 bits per heavy atom. The summed E-state index contributed by atoms with van der Waals surface area (Å²) in [5.74, 6) is -0.443. The van der Waals surface area contributed by atoms with Gasteiger partial charge >= 0.3 is 5.97 Å². The van der Waals surface area contributed by atoms with E-state index in [-0.39, 0.29) is 49.7 Å². The summed E-state index contributed by atoms with van der Waals surface area (Å²) in [6.45, 7) is 6.91. The fourth-order valence-electron chi connectivity index (χ4n) is 6.21. The highest BCUT2D eigenvalue weighted by Crippen LogP contribution is 2.52. The van der Waals surface area contributed by atoms with Gasteiger partial charge in [-0.25, -0.2) is 13.2 Å². The summed E-state index contributed by atoms with van der Waals surface area (Å²) in [6, 6.07) is 8.55. The fraction of sp³-hybridized carbons (Fsp3) is 0.500. The van der Waals surface area contributed by atoms with E-state index in [0.717, 1.165) is 23.6 Å². The number of hydrogen-bond acceptors (Lipinski definition) is 7. The van der Waals surface area contributed by atoms with Gasteiger partial charge < -0.3 is 19.1 Å². The maximum Gasteiger partial charge on any atom is 0.338 e. The Labute approximate surface area is 235 Å². The molecule has 2 aliphatic rings. The number of anilines is 1. The van der Waals surface area contributed by atoms with Crippen LogP contribution in [-0.2, 0) is 19.6 Å². The van der Waals surface area contributed by atoms with E-state index in [1.165, 1.54) is 57.7 Å². The van der Waals surface area contributed by atoms with Crippen molar-refractivity contribution in [1.29, 1.82) is 0 Å². The number of sulfonamides is 1. The number of amides is 1. The van der Waals surface area contributed by atoms with Crippen LogP contribution >= 0.6 is 11.6 Å². The van der Waals surface area contributed by atoms with Gasteiger partial charge in [0, 0.05) is 25.7 Å². The molecule has 2 aromatic carbocycles. The quantitative estimate of drug-likeness (QED) is 0.416. The number of likely N-dealkylation sites (tertiary alicyclic amines) is 1. The Morgan fingerprint density at radius 3 is 2.44 bits per heavy atom. The summed E-state index contributed by atoms with van der Waals surface area (Å²) in [7, 11) is 0.0812. The van der Waals surface area contributed by atoms with E-state index in [4.69, 9.17) is 25.8 Å². The first-order chi connectivity index (χ1) is 18.2. The van der Waals surface area contributed by atoms with E-state index in [9.17, 15) is 18.0 Å². The monoisotopic (exact) mass is 578 g/mol. The van der Waals surface area contributed by atoms with Crippen molar-refractivity contribution in [2.75, 3.05) is 38.7 Å². The molecule has 1 amide bonds. The lowest BCUT2D eigenvalue weighted by Gasteiger charge is -2.39. The summed E-state index contributed by atoms with van der Waals surface area (Å²) < 4.78 is 43.8. The largest absolute Gasteiger partial charge is 0.495 e. The first kappa shape index (κ1) is 29.0. The molecular formula is C28H35ClN2O7S. The molecule has 1 aliphatic carbocycles. The number of benzene rings is 2. The summed E-state index contributed by atoms with van der Waals surface area (Å²) in [6.07, 6.45) is 2.91. The molecule has 2 bridgehead atoms. The first-order valence-corrected chi connectivity index (χ1v) is 14.5. The molecule has 39 heavy (non-hydrogen) atoms. The molecule has 0 radical (unpaired) electrons. The zero-order valence-electron chi connectivity index (χ0n) is 23.1. The smallest absolute Gasteiger partial charge is 0.338 e. The molecule has 1 heterocycles. The van der Waals surface area contributed by atoms with Crippen molar-refractivity contribution in [3.05, 3.63) is 47.0 Å². The molecule has 2 fully saturated rings. The van der Waals surface area contributed by atoms with E-state index >= 15 is 0 Å². The molecular weight excluding hydrogens is 544 g/mol. The molecule has 0 aromatic heterocycles. The highest BCUT2D eigenvalue weighted by molar-refractivity contribution is 7.92. The minimum atomic E-state index is -4.12. The van der Waals surface area contributed by atoms with Gasteiger partial charge in [0.05, 0.1) is 35.4 Å². The molecule has 11 heteroatoms. The van der Waals surface area contributed by atoms with Gasteiger partial charge in [0.15, 0.2) is 6.61 Å². The van der Waals surface area contributed by atoms with Crippen LogP contribution in [0.15, 0.2) is 41.3 Å². The highest BCUT2D eigenvalue weighted by Gasteiger charge is 2.51. The maximum atomic E-state index is 13.5. The van der Waals surface area contributed by atoms with Crippen molar-refractivity contribution in [3.8, 4) is 11.5 Å². The normalized spacial score (nSPS) is 21.8. The van der Waals surface area contributed by atoms with E-state index in [0.29, 0.717) is 12.3 Å². The number of carbonyl (C=O) groups excluding carboxylic acids is 2. The van der Waals surface area contributed by atoms with Crippen molar-refractivity contribution in [2.45, 2.75) is 51.0 Å². The van der Waals surface area contributed by atoms with Crippen molar-refractivity contribution in [1.82, 2.24) is 4.90 Å². The molecule has 212 valence electrons. The van der Waals surface area contributed by atoms with Crippen molar-refractivity contribution in [2.24, 2.45) is 10.8 Å². The lowest BCUT2D eigenvalue weighted by molar-refractivity contribution is -0.135. The average Bonchev–Trinajstić information content (AvgIpc) is 3.14. The summed E-state index contributed by atoms with van der Waals surface area (Å²) in [5, 5.41) is 0.205. The summed E-state index contributed by atoms with van der Waals surface area (Å²) in [4.78, 5) is 27.5. The molecule has 1 aliphatic heterocycles. The van der Waals surface area contributed by atoms with Gasteiger partial charge in [0.1, 0.15) is 11.5 Å². The topological polar surface area (TPSA) is 102 Å². The predicted octanol–water partition coefficient (Wildman–Crippen LogP) is 4.77. The highest BCUT2D eigenvalue weighted by atomic mass is 35.5. The third kappa shape index (κ3) is 5.82. The Bertz CT molecular complexity index is 1390. The van der Waals surface area contributed by atoms with Crippen LogP contribution in [-0.4, -0.2) is 65.7 Å². The third-order valence-corrected chi connectivity index (χ3v) is 9.65. The molecule has 9 nitrogen and oxygen atoms in total. The van der Waals surface area contributed by atoms with Crippen molar-refractivity contribution in [3.63, 3.8) is 0 Å². The zero-order valence-corrected chi connectivity index (χ0v) is 24.7. The van der Waals surface area contributed by atoms with Crippen LogP contribution in [0.1, 0.15) is 50.4 Å². The minimum Gasteiger partial charge on any atom is -0.495 e. The second-order valence-corrected chi connectivity index (χ2v) is 13.8. The lowest BCUT2D eigenvalue weighted by atomic mass is 9.65. The van der Waals surface area contributed by atoms with E-state index in [2.05, 4.69) is 20.8 Å². The van der Waals surface area contributed by atoms with Gasteiger partial charge in [-0.15, -0.1) is 0 Å². The van der Waals surface area contributed by atoms with Crippen LogP contribution in [0.2, 0.25) is 5.02 Å². The van der Waals surface area contributed by atoms with E-state index in [1.807, 2.05) is 4.90 Å². The number of methoxy groups -OCH3 is 2. The van der Waals surface area contributed by atoms with Crippen LogP contribution in [0.25, 0.3) is 0 Å². The van der Waals surface area contributed by atoms with E-state index < -0.39 is 22.6 Å². The first-order valence-electron chi connectivity index (χ1n) is 12.7. The molecule has 0 N–H and O–H groups in total. The fourth-order valence-corrected chi connectivity index (χ4v) is 7.69. The molecule has 4 rings (SSSR count). The average molecular weight is 579 g/mol. The number of nitrogens with zero attached hydrogens (tertiary/aromatic N) is 2. The second kappa shape index (κ2) is 10.5. The Kier molecular flexibility index (Phi) is 7.84. The number of fused-ring (bicyclic) bond motifs is 2. The Hall–Kier alpha value is -2.98. The number of esters is 1. The van der Waals surface area contributed by atoms with Gasteiger partial charge in [-0.2, -0.15) is 0 Å². The van der Waals surface area contributed by atoms with E-state index in [1.54, 1.807) is 0 Å². The molecule has 2 atom stereocenters. The van der Waals surface area contributed by atoms with Gasteiger partial charge in [-0.05, 0) is 54.4 Å². The lowest BCUT2D eigenvalue weighted by Crippen LogP contribution is -2.39. The van der Waals surface area contributed by atoms with Crippen LogP contribution in [0.3, 0.4) is 0 Å². The zero-order chi connectivity index (χ0) is 28.8. The SMILES string of the molecule is COc1cc(OC)c(N(C)S(=O)(=O)c2cccc(C(=O)OCC(=O)N3CC4(C)CC3CC(C)(C)C4)c2)cc1Cl. The van der Waals surface area contributed by atoms with Crippen LogP contribution in [0, 0.1) is 10.8 Å². The van der Waals surface area contributed by atoms with Gasteiger partial charge in [-0.3, -0.25) is 9.10 Å². The van der Waals surface area contributed by atoms with Crippen LogP contribution < -0.4 is 13.8 Å². The summed E-state index contributed by atoms with van der Waals surface area (Å²) >= 11 is 6.23. The number of rotatable bonds is 8. The number of hydrogen-bond donors (Lipinski definition) is 0. The number of carbonyl (C=O) groups is 2. The van der Waals surface area contributed by atoms with Crippen molar-refractivity contribution < 1.29 is 32.2 Å². The maximum absolute atomic E-state index is 13.5. The molecule has 1 saturated heterocycles. The Morgan fingerprint density at radius 2 is 1.77 bits per heavy atom. The summed E-state index contributed by atoms with van der Waals surface area (Å²) in [5.41, 5.74) is 0.432. The van der Waals surface area contributed by atoms with Crippen LogP contribution in [0.5, 0.6) is 11.5 Å². The standard InChI is InChI=1S/C28H35ClN2O7S/c1-27(2)13-19-14-28(3,16-27)17-31(19)25(32)15-38-26(33)18-8-7-9-20(10-18)39(34,35)30(4)22-11-21(29)23(36-5)12-24(22)37-6/h7-12,19H,13-17H2,1-6H3. The Balaban J connectivity index is 1.48. The molecule has 2 unspecified atom stereocenters. The third-order valence-electron chi connectivity index (χ3n) is 7.58. The van der Waals surface area contributed by atoms with Crippen LogP contribution in [0.4, 0.5) is 5.69 Å². The second-order valence-electron chi connectivity index (χ2n) is 11.5. The predicted molar refractivity (Wildman–Crippen MR) is 148 cm³/mol.